The molecule has 0 aliphatic carbocycles. The van der Waals surface area contributed by atoms with E-state index < -0.39 is 0 Å². The quantitative estimate of drug-likeness (QED) is 0.414. The first kappa shape index (κ1) is 11.5. The van der Waals surface area contributed by atoms with Crippen LogP contribution >= 0.6 is 0 Å². The molecule has 0 heterocycles. The Morgan fingerprint density at radius 2 is 1.75 bits per heavy atom. The Labute approximate surface area is 75.6 Å². The summed E-state index contributed by atoms with van der Waals surface area (Å²) < 4.78 is 10.4. The van der Waals surface area contributed by atoms with E-state index in [4.69, 9.17) is 9.47 Å². The fourth-order valence-corrected chi connectivity index (χ4v) is 0.720. The maximum Gasteiger partial charge on any atom is 0.0870 e. The van der Waals surface area contributed by atoms with Crippen molar-refractivity contribution in [3.05, 3.63) is 12.3 Å². The highest BCUT2D eigenvalue weighted by Crippen LogP contribution is 1.88. The molecular weight excluding hydrogens is 152 g/mol. The number of hydrogen-bond acceptors (Lipinski definition) is 2. The molecule has 0 aliphatic rings. The molecule has 12 heavy (non-hydrogen) atoms. The van der Waals surface area contributed by atoms with Gasteiger partial charge in [0.25, 0.3) is 0 Å². The third-order valence-corrected chi connectivity index (χ3v) is 1.29. The Kier molecular flexibility index (Phi) is 10.1. The van der Waals surface area contributed by atoms with Crippen LogP contribution in [-0.4, -0.2) is 19.8 Å². The zero-order valence-electron chi connectivity index (χ0n) is 8.21. The summed E-state index contributed by atoms with van der Waals surface area (Å²) in [5.74, 6) is 0. The normalized spacial score (nSPS) is 10.8. The van der Waals surface area contributed by atoms with Gasteiger partial charge in [0.05, 0.1) is 19.5 Å². The van der Waals surface area contributed by atoms with Crippen molar-refractivity contribution in [3.8, 4) is 0 Å². The molecule has 0 fully saturated rings. The van der Waals surface area contributed by atoms with Gasteiger partial charge in [0.1, 0.15) is 0 Å². The van der Waals surface area contributed by atoms with Crippen LogP contribution in [0.3, 0.4) is 0 Å². The second-order valence-electron chi connectivity index (χ2n) is 2.64. The molecule has 0 rings (SSSR count). The van der Waals surface area contributed by atoms with Gasteiger partial charge < -0.3 is 9.47 Å². The van der Waals surface area contributed by atoms with Gasteiger partial charge in [-0.05, 0) is 25.3 Å². The highest BCUT2D eigenvalue weighted by atomic mass is 16.5. The molecule has 0 saturated carbocycles. The molecule has 0 N–H and O–H groups in total. The van der Waals surface area contributed by atoms with Crippen LogP contribution in [0.15, 0.2) is 12.3 Å². The first-order valence-corrected chi connectivity index (χ1v) is 4.76. The second kappa shape index (κ2) is 10.5. The highest BCUT2D eigenvalue weighted by molar-refractivity contribution is 4.72. The zero-order valence-corrected chi connectivity index (χ0v) is 8.21. The molecule has 0 aromatic rings. The Morgan fingerprint density at radius 3 is 2.42 bits per heavy atom. The molecule has 2 heteroatoms. The standard InChI is InChI=1S/C10H20O2/c1-3-7-11-9-5-6-10-12-8-4-2/h5,9H,3-4,6-8,10H2,1-2H3. The summed E-state index contributed by atoms with van der Waals surface area (Å²) in [5, 5.41) is 0. The van der Waals surface area contributed by atoms with E-state index in [1.165, 1.54) is 0 Å². The van der Waals surface area contributed by atoms with Gasteiger partial charge in [0, 0.05) is 6.61 Å². The van der Waals surface area contributed by atoms with Gasteiger partial charge in [0.15, 0.2) is 0 Å². The molecule has 0 saturated heterocycles. The van der Waals surface area contributed by atoms with Crippen LogP contribution in [0.4, 0.5) is 0 Å². The average Bonchev–Trinajstić information content (AvgIpc) is 2.10. The monoisotopic (exact) mass is 172 g/mol. The summed E-state index contributed by atoms with van der Waals surface area (Å²) in [6.07, 6.45) is 6.88. The van der Waals surface area contributed by atoms with E-state index in [9.17, 15) is 0 Å². The summed E-state index contributed by atoms with van der Waals surface area (Å²) in [4.78, 5) is 0. The predicted octanol–water partition coefficient (Wildman–Crippen LogP) is 2.74. The van der Waals surface area contributed by atoms with Gasteiger partial charge in [-0.25, -0.2) is 0 Å². The average molecular weight is 172 g/mol. The molecule has 0 aromatic carbocycles. The van der Waals surface area contributed by atoms with Gasteiger partial charge in [-0.3, -0.25) is 0 Å². The Bertz CT molecular complexity index is 100. The minimum Gasteiger partial charge on any atom is -0.502 e. The summed E-state index contributed by atoms with van der Waals surface area (Å²) in [6.45, 7) is 6.69. The molecule has 0 radical (unpaired) electrons. The van der Waals surface area contributed by atoms with Crippen molar-refractivity contribution in [2.75, 3.05) is 19.8 Å². The fraction of sp³-hybridized carbons (Fsp3) is 0.800. The van der Waals surface area contributed by atoms with Crippen molar-refractivity contribution in [1.29, 1.82) is 0 Å². The predicted molar refractivity (Wildman–Crippen MR) is 51.1 cm³/mol. The lowest BCUT2D eigenvalue weighted by Gasteiger charge is -1.98. The van der Waals surface area contributed by atoms with Crippen molar-refractivity contribution in [1.82, 2.24) is 0 Å². The molecule has 0 unspecified atom stereocenters. The third kappa shape index (κ3) is 9.50. The van der Waals surface area contributed by atoms with Crippen molar-refractivity contribution in [3.63, 3.8) is 0 Å². The zero-order chi connectivity index (χ0) is 9.07. The summed E-state index contributed by atoms with van der Waals surface area (Å²) in [7, 11) is 0. The first-order chi connectivity index (χ1) is 5.91. The summed E-state index contributed by atoms with van der Waals surface area (Å²) in [5.41, 5.74) is 0. The molecule has 0 amide bonds. The van der Waals surface area contributed by atoms with E-state index in [0.29, 0.717) is 0 Å². The topological polar surface area (TPSA) is 18.5 Å². The minimum absolute atomic E-state index is 0.805. The SMILES string of the molecule is CCCOC=CCCOCCC. The minimum atomic E-state index is 0.805. The smallest absolute Gasteiger partial charge is 0.0870 e. The van der Waals surface area contributed by atoms with E-state index in [1.54, 1.807) is 6.26 Å². The van der Waals surface area contributed by atoms with E-state index >= 15 is 0 Å². The molecule has 0 spiro atoms. The largest absolute Gasteiger partial charge is 0.502 e. The van der Waals surface area contributed by atoms with Gasteiger partial charge in [-0.1, -0.05) is 13.8 Å². The highest BCUT2D eigenvalue weighted by Gasteiger charge is 1.82. The molecule has 0 aromatic heterocycles. The lowest BCUT2D eigenvalue weighted by Crippen LogP contribution is -1.93. The van der Waals surface area contributed by atoms with Crippen molar-refractivity contribution in [2.24, 2.45) is 0 Å². The lowest BCUT2D eigenvalue weighted by atomic mass is 10.4. The van der Waals surface area contributed by atoms with Crippen LogP contribution < -0.4 is 0 Å². The third-order valence-electron chi connectivity index (χ3n) is 1.29. The maximum atomic E-state index is 5.28. The van der Waals surface area contributed by atoms with E-state index in [0.717, 1.165) is 39.1 Å². The van der Waals surface area contributed by atoms with Gasteiger partial charge in [-0.2, -0.15) is 0 Å². The number of ether oxygens (including phenoxy) is 2. The van der Waals surface area contributed by atoms with Crippen LogP contribution in [0.2, 0.25) is 0 Å². The van der Waals surface area contributed by atoms with E-state index in [-0.39, 0.29) is 0 Å². The Morgan fingerprint density at radius 1 is 1.00 bits per heavy atom. The van der Waals surface area contributed by atoms with Gasteiger partial charge in [0.2, 0.25) is 0 Å². The van der Waals surface area contributed by atoms with Crippen molar-refractivity contribution < 1.29 is 9.47 Å². The van der Waals surface area contributed by atoms with Crippen LogP contribution in [0, 0.1) is 0 Å². The lowest BCUT2D eigenvalue weighted by molar-refractivity contribution is 0.138. The fourth-order valence-electron chi connectivity index (χ4n) is 0.720. The molecule has 0 atom stereocenters. The number of hydrogen-bond donors (Lipinski definition) is 0. The van der Waals surface area contributed by atoms with Crippen LogP contribution in [0.25, 0.3) is 0 Å². The van der Waals surface area contributed by atoms with Crippen molar-refractivity contribution >= 4 is 0 Å². The molecule has 0 bridgehead atoms. The first-order valence-electron chi connectivity index (χ1n) is 4.76. The number of rotatable bonds is 8. The van der Waals surface area contributed by atoms with E-state index in [2.05, 4.69) is 13.8 Å². The summed E-state index contributed by atoms with van der Waals surface area (Å²) >= 11 is 0. The molecule has 0 aliphatic heterocycles. The van der Waals surface area contributed by atoms with Crippen LogP contribution in [-0.2, 0) is 9.47 Å². The molecule has 2 nitrogen and oxygen atoms in total. The van der Waals surface area contributed by atoms with E-state index in [1.807, 2.05) is 6.08 Å². The summed E-state index contributed by atoms with van der Waals surface area (Å²) in [6, 6.07) is 0. The second-order valence-corrected chi connectivity index (χ2v) is 2.64. The Balaban J connectivity index is 2.92. The Hall–Kier alpha value is -0.500. The maximum absolute atomic E-state index is 5.28. The van der Waals surface area contributed by atoms with Gasteiger partial charge >= 0.3 is 0 Å². The van der Waals surface area contributed by atoms with Crippen LogP contribution in [0.1, 0.15) is 33.1 Å². The molecule has 72 valence electrons. The van der Waals surface area contributed by atoms with Gasteiger partial charge in [-0.15, -0.1) is 0 Å². The molecular formula is C10H20O2. The van der Waals surface area contributed by atoms with Crippen LogP contribution in [0.5, 0.6) is 0 Å². The van der Waals surface area contributed by atoms with Crippen molar-refractivity contribution in [2.45, 2.75) is 33.1 Å².